The molecule has 18 heavy (non-hydrogen) atoms. The van der Waals surface area contributed by atoms with E-state index in [1.807, 2.05) is 30.3 Å². The molecule has 1 aromatic rings. The summed E-state index contributed by atoms with van der Waals surface area (Å²) in [6, 6.07) is 9.41. The number of nitrogens with zero attached hydrogens (tertiary/aromatic N) is 1. The van der Waals surface area contributed by atoms with E-state index in [4.69, 9.17) is 14.9 Å². The Bertz CT molecular complexity index is 355. The Morgan fingerprint density at radius 1 is 1.39 bits per heavy atom. The summed E-state index contributed by atoms with van der Waals surface area (Å²) in [5.74, 6) is 0. The van der Waals surface area contributed by atoms with Crippen molar-refractivity contribution in [3.8, 4) is 0 Å². The topological polar surface area (TPSA) is 70.0 Å². The average molecular weight is 253 g/mol. The summed E-state index contributed by atoms with van der Waals surface area (Å²) in [5.41, 5.74) is 1.06. The first-order valence-corrected chi connectivity index (χ1v) is 5.83. The van der Waals surface area contributed by atoms with Gasteiger partial charge in [0, 0.05) is 7.05 Å². The molecule has 0 radical (unpaired) electrons. The molecule has 1 rings (SSSR count). The van der Waals surface area contributed by atoms with Crippen molar-refractivity contribution in [3.05, 3.63) is 35.9 Å². The molecule has 0 fully saturated rings. The van der Waals surface area contributed by atoms with Crippen molar-refractivity contribution in [1.82, 2.24) is 4.90 Å². The van der Waals surface area contributed by atoms with Gasteiger partial charge in [0.2, 0.25) is 0 Å². The minimum absolute atomic E-state index is 0.0607. The molecule has 1 atom stereocenters. The second-order valence-electron chi connectivity index (χ2n) is 4.04. The van der Waals surface area contributed by atoms with E-state index in [9.17, 15) is 4.79 Å². The van der Waals surface area contributed by atoms with E-state index in [1.54, 1.807) is 0 Å². The van der Waals surface area contributed by atoms with Crippen LogP contribution in [0.4, 0.5) is 4.79 Å². The predicted octanol–water partition coefficient (Wildman–Crippen LogP) is 1.22. The highest BCUT2D eigenvalue weighted by Crippen LogP contribution is 2.08. The van der Waals surface area contributed by atoms with Crippen molar-refractivity contribution < 1.29 is 19.7 Å². The minimum atomic E-state index is -0.983. The Kier molecular flexibility index (Phi) is 6.18. The lowest BCUT2D eigenvalue weighted by Gasteiger charge is -2.25. The van der Waals surface area contributed by atoms with Crippen molar-refractivity contribution >= 4 is 6.09 Å². The smallest absolute Gasteiger partial charge is 0.407 e. The first-order valence-electron chi connectivity index (χ1n) is 5.83. The average Bonchev–Trinajstić information content (AvgIpc) is 2.38. The molecule has 100 valence electrons. The summed E-state index contributed by atoms with van der Waals surface area (Å²) >= 11 is 0. The third-order valence-corrected chi connectivity index (χ3v) is 2.71. The van der Waals surface area contributed by atoms with Crippen LogP contribution in [-0.2, 0) is 11.2 Å². The fraction of sp³-hybridized carbons (Fsp3) is 0.462. The molecule has 0 heterocycles. The number of carboxylic acid groups (broad SMARTS) is 1. The van der Waals surface area contributed by atoms with E-state index in [2.05, 4.69) is 0 Å². The molecule has 0 saturated heterocycles. The zero-order chi connectivity index (χ0) is 13.4. The lowest BCUT2D eigenvalue weighted by atomic mass is 10.1. The van der Waals surface area contributed by atoms with Crippen LogP contribution in [-0.4, -0.2) is 54.1 Å². The Hall–Kier alpha value is -1.59. The Morgan fingerprint density at radius 3 is 2.61 bits per heavy atom. The molecule has 0 aliphatic heterocycles. The summed E-state index contributed by atoms with van der Waals surface area (Å²) in [4.78, 5) is 12.2. The molecule has 5 heteroatoms. The van der Waals surface area contributed by atoms with Crippen molar-refractivity contribution in [3.63, 3.8) is 0 Å². The summed E-state index contributed by atoms with van der Waals surface area (Å²) in [5, 5.41) is 17.7. The SMILES string of the molecule is CN(C(=O)O)[C@@H](COCCO)Cc1ccccc1. The maximum Gasteiger partial charge on any atom is 0.407 e. The number of carbonyl (C=O) groups is 1. The summed E-state index contributed by atoms with van der Waals surface area (Å²) < 4.78 is 5.23. The summed E-state index contributed by atoms with van der Waals surface area (Å²) in [6.07, 6.45) is -0.391. The predicted molar refractivity (Wildman–Crippen MR) is 67.6 cm³/mol. The van der Waals surface area contributed by atoms with E-state index in [1.165, 1.54) is 11.9 Å². The van der Waals surface area contributed by atoms with Gasteiger partial charge in [0.25, 0.3) is 0 Å². The molecule has 2 N–H and O–H groups in total. The van der Waals surface area contributed by atoms with Crippen molar-refractivity contribution in [2.75, 3.05) is 26.9 Å². The molecule has 0 bridgehead atoms. The molecular formula is C13H19NO4. The van der Waals surface area contributed by atoms with Crippen LogP contribution in [0.25, 0.3) is 0 Å². The second-order valence-corrected chi connectivity index (χ2v) is 4.04. The van der Waals surface area contributed by atoms with Gasteiger partial charge in [-0.15, -0.1) is 0 Å². The Balaban J connectivity index is 2.62. The zero-order valence-electron chi connectivity index (χ0n) is 10.5. The van der Waals surface area contributed by atoms with Crippen LogP contribution in [0.1, 0.15) is 5.56 Å². The standard InChI is InChI=1S/C13H19NO4/c1-14(13(16)17)12(10-18-8-7-15)9-11-5-3-2-4-6-11/h2-6,12,15H,7-10H2,1H3,(H,16,17)/t12-/m1/s1. The lowest BCUT2D eigenvalue weighted by Crippen LogP contribution is -2.41. The van der Waals surface area contributed by atoms with Crippen LogP contribution in [0.5, 0.6) is 0 Å². The van der Waals surface area contributed by atoms with E-state index in [0.717, 1.165) is 5.56 Å². The quantitative estimate of drug-likeness (QED) is 0.717. The normalized spacial score (nSPS) is 12.1. The van der Waals surface area contributed by atoms with Gasteiger partial charge in [-0.25, -0.2) is 4.79 Å². The van der Waals surface area contributed by atoms with Gasteiger partial charge in [0.15, 0.2) is 0 Å². The molecule has 1 amide bonds. The molecule has 1 aromatic carbocycles. The van der Waals surface area contributed by atoms with Gasteiger partial charge in [-0.05, 0) is 12.0 Å². The number of aliphatic hydroxyl groups is 1. The van der Waals surface area contributed by atoms with Crippen LogP contribution < -0.4 is 0 Å². The monoisotopic (exact) mass is 253 g/mol. The Morgan fingerprint density at radius 2 is 2.06 bits per heavy atom. The number of aliphatic hydroxyl groups excluding tert-OH is 1. The summed E-state index contributed by atoms with van der Waals surface area (Å²) in [6.45, 7) is 0.436. The molecule has 0 aromatic heterocycles. The Labute approximate surface area is 107 Å². The van der Waals surface area contributed by atoms with E-state index < -0.39 is 6.09 Å². The first kappa shape index (κ1) is 14.5. The van der Waals surface area contributed by atoms with E-state index in [-0.39, 0.29) is 25.9 Å². The van der Waals surface area contributed by atoms with Crippen LogP contribution in [0.2, 0.25) is 0 Å². The van der Waals surface area contributed by atoms with Gasteiger partial charge >= 0.3 is 6.09 Å². The fourth-order valence-corrected chi connectivity index (χ4v) is 1.63. The molecule has 0 unspecified atom stereocenters. The van der Waals surface area contributed by atoms with Crippen LogP contribution in [0.15, 0.2) is 30.3 Å². The second kappa shape index (κ2) is 7.68. The first-order chi connectivity index (χ1) is 8.65. The van der Waals surface area contributed by atoms with Crippen molar-refractivity contribution in [2.45, 2.75) is 12.5 Å². The van der Waals surface area contributed by atoms with Gasteiger partial charge < -0.3 is 19.8 Å². The largest absolute Gasteiger partial charge is 0.465 e. The number of hydrogen-bond acceptors (Lipinski definition) is 3. The maximum atomic E-state index is 11.0. The minimum Gasteiger partial charge on any atom is -0.465 e. The van der Waals surface area contributed by atoms with Crippen molar-refractivity contribution in [1.29, 1.82) is 0 Å². The molecule has 0 aliphatic carbocycles. The number of hydrogen-bond donors (Lipinski definition) is 2. The van der Waals surface area contributed by atoms with Gasteiger partial charge in [0.1, 0.15) is 0 Å². The number of ether oxygens (including phenoxy) is 1. The van der Waals surface area contributed by atoms with Crippen molar-refractivity contribution in [2.24, 2.45) is 0 Å². The van der Waals surface area contributed by atoms with Crippen LogP contribution in [0.3, 0.4) is 0 Å². The zero-order valence-corrected chi connectivity index (χ0v) is 10.5. The molecular weight excluding hydrogens is 234 g/mol. The maximum absolute atomic E-state index is 11.0. The number of amides is 1. The number of rotatable bonds is 7. The van der Waals surface area contributed by atoms with Gasteiger partial charge in [0.05, 0.1) is 25.9 Å². The highest BCUT2D eigenvalue weighted by molar-refractivity contribution is 5.65. The van der Waals surface area contributed by atoms with Gasteiger partial charge in [-0.3, -0.25) is 0 Å². The third kappa shape index (κ3) is 4.73. The number of likely N-dealkylation sites (N-methyl/N-ethyl adjacent to an activating group) is 1. The van der Waals surface area contributed by atoms with Crippen LogP contribution in [0, 0.1) is 0 Å². The van der Waals surface area contributed by atoms with Crippen LogP contribution >= 0.6 is 0 Å². The highest BCUT2D eigenvalue weighted by Gasteiger charge is 2.19. The highest BCUT2D eigenvalue weighted by atomic mass is 16.5. The molecule has 5 nitrogen and oxygen atoms in total. The lowest BCUT2D eigenvalue weighted by molar-refractivity contribution is 0.0479. The number of benzene rings is 1. The molecule has 0 aliphatic rings. The van der Waals surface area contributed by atoms with E-state index in [0.29, 0.717) is 6.42 Å². The molecule has 0 spiro atoms. The third-order valence-electron chi connectivity index (χ3n) is 2.71. The van der Waals surface area contributed by atoms with E-state index >= 15 is 0 Å². The van der Waals surface area contributed by atoms with Gasteiger partial charge in [-0.1, -0.05) is 30.3 Å². The van der Waals surface area contributed by atoms with Gasteiger partial charge in [-0.2, -0.15) is 0 Å². The fourth-order valence-electron chi connectivity index (χ4n) is 1.63. The molecule has 0 saturated carbocycles. The summed E-state index contributed by atoms with van der Waals surface area (Å²) in [7, 11) is 1.53.